The number of likely N-dealkylation sites (tertiary alicyclic amines) is 1. The molecule has 0 bridgehead atoms. The molecule has 0 amide bonds. The average Bonchev–Trinajstić information content (AvgIpc) is 3.35. The monoisotopic (exact) mass is 343 g/mol. The minimum atomic E-state index is 0.121. The molecule has 0 spiro atoms. The number of rotatable bonds is 5. The highest BCUT2D eigenvalue weighted by Gasteiger charge is 2.32. The summed E-state index contributed by atoms with van der Waals surface area (Å²) in [6.07, 6.45) is 6.38. The van der Waals surface area contributed by atoms with E-state index in [1.54, 1.807) is 11.3 Å². The van der Waals surface area contributed by atoms with Gasteiger partial charge in [-0.2, -0.15) is 5.10 Å². The molecule has 2 atom stereocenters. The first-order valence-electron chi connectivity index (χ1n) is 8.33. The van der Waals surface area contributed by atoms with E-state index in [1.165, 1.54) is 18.4 Å². The molecule has 4 heterocycles. The molecule has 0 aromatic carbocycles. The third-order valence-electron chi connectivity index (χ3n) is 4.61. The van der Waals surface area contributed by atoms with Crippen molar-refractivity contribution >= 4 is 11.3 Å². The summed E-state index contributed by atoms with van der Waals surface area (Å²) >= 11 is 1.62. The van der Waals surface area contributed by atoms with E-state index in [1.807, 2.05) is 28.4 Å². The van der Waals surface area contributed by atoms with Crippen LogP contribution in [-0.2, 0) is 6.54 Å². The molecule has 24 heavy (non-hydrogen) atoms. The second-order valence-corrected chi connectivity index (χ2v) is 7.32. The van der Waals surface area contributed by atoms with Gasteiger partial charge >= 0.3 is 0 Å². The maximum Gasteiger partial charge on any atom is 0.257 e. The fourth-order valence-corrected chi connectivity index (χ4v) is 4.04. The van der Waals surface area contributed by atoms with Crippen LogP contribution in [0.25, 0.3) is 10.8 Å². The maximum atomic E-state index is 5.93. The van der Waals surface area contributed by atoms with Crippen LogP contribution < -0.4 is 0 Å². The van der Waals surface area contributed by atoms with Crippen LogP contribution in [0, 0.1) is 6.92 Å². The molecule has 0 aliphatic carbocycles. The SMILES string of the molecule is Cc1cnn(C[C@@H]2CCCN2[C@@H](C)c2nnc(-c3cccs3)o2)c1. The molecule has 1 saturated heterocycles. The summed E-state index contributed by atoms with van der Waals surface area (Å²) in [6, 6.07) is 4.58. The van der Waals surface area contributed by atoms with E-state index in [4.69, 9.17) is 4.42 Å². The lowest BCUT2D eigenvalue weighted by atomic mass is 10.2. The number of thiophene rings is 1. The van der Waals surface area contributed by atoms with Crippen molar-refractivity contribution in [1.82, 2.24) is 24.9 Å². The largest absolute Gasteiger partial charge is 0.418 e. The first-order valence-corrected chi connectivity index (χ1v) is 9.21. The first kappa shape index (κ1) is 15.5. The lowest BCUT2D eigenvalue weighted by Gasteiger charge is -2.28. The Balaban J connectivity index is 1.49. The van der Waals surface area contributed by atoms with Crippen LogP contribution in [-0.4, -0.2) is 37.5 Å². The van der Waals surface area contributed by atoms with E-state index in [9.17, 15) is 0 Å². The number of aromatic nitrogens is 4. The minimum absolute atomic E-state index is 0.121. The number of hydrogen-bond acceptors (Lipinski definition) is 6. The van der Waals surface area contributed by atoms with Crippen molar-refractivity contribution in [3.63, 3.8) is 0 Å². The molecule has 4 rings (SSSR count). The molecule has 0 radical (unpaired) electrons. The van der Waals surface area contributed by atoms with Crippen molar-refractivity contribution in [2.45, 2.75) is 45.3 Å². The molecule has 1 aliphatic heterocycles. The molecule has 3 aromatic heterocycles. The molecule has 0 saturated carbocycles. The zero-order chi connectivity index (χ0) is 16.5. The van der Waals surface area contributed by atoms with Gasteiger partial charge in [-0.25, -0.2) is 0 Å². The molecule has 7 heteroatoms. The summed E-state index contributed by atoms with van der Waals surface area (Å²) in [7, 11) is 0. The van der Waals surface area contributed by atoms with E-state index in [2.05, 4.69) is 40.2 Å². The zero-order valence-electron chi connectivity index (χ0n) is 13.9. The lowest BCUT2D eigenvalue weighted by molar-refractivity contribution is 0.152. The summed E-state index contributed by atoms with van der Waals surface area (Å²) < 4.78 is 7.97. The van der Waals surface area contributed by atoms with Crippen molar-refractivity contribution in [2.75, 3.05) is 6.54 Å². The van der Waals surface area contributed by atoms with Gasteiger partial charge in [-0.15, -0.1) is 21.5 Å². The highest BCUT2D eigenvalue weighted by molar-refractivity contribution is 7.13. The van der Waals surface area contributed by atoms with Crippen LogP contribution in [0.3, 0.4) is 0 Å². The Morgan fingerprint density at radius 3 is 3.08 bits per heavy atom. The van der Waals surface area contributed by atoms with Crippen LogP contribution in [0.5, 0.6) is 0 Å². The van der Waals surface area contributed by atoms with Gasteiger partial charge in [-0.05, 0) is 50.2 Å². The fourth-order valence-electron chi connectivity index (χ4n) is 3.39. The van der Waals surface area contributed by atoms with Gasteiger partial charge in [0.1, 0.15) is 0 Å². The topological polar surface area (TPSA) is 60.0 Å². The molecular formula is C17H21N5OS. The normalized spacial score (nSPS) is 19.8. The van der Waals surface area contributed by atoms with Gasteiger partial charge in [0.15, 0.2) is 0 Å². The third kappa shape index (κ3) is 3.01. The second-order valence-electron chi connectivity index (χ2n) is 6.37. The van der Waals surface area contributed by atoms with E-state index in [0.29, 0.717) is 17.8 Å². The molecule has 1 aliphatic rings. The Morgan fingerprint density at radius 1 is 1.42 bits per heavy atom. The van der Waals surface area contributed by atoms with Crippen molar-refractivity contribution < 1.29 is 4.42 Å². The van der Waals surface area contributed by atoms with Crippen LogP contribution in [0.1, 0.15) is 37.3 Å². The molecule has 0 unspecified atom stereocenters. The van der Waals surface area contributed by atoms with Crippen LogP contribution in [0.2, 0.25) is 0 Å². The van der Waals surface area contributed by atoms with E-state index >= 15 is 0 Å². The van der Waals surface area contributed by atoms with Gasteiger partial charge in [0, 0.05) is 12.2 Å². The van der Waals surface area contributed by atoms with Crippen LogP contribution in [0.4, 0.5) is 0 Å². The predicted molar refractivity (Wildman–Crippen MR) is 92.7 cm³/mol. The Morgan fingerprint density at radius 2 is 2.33 bits per heavy atom. The summed E-state index contributed by atoms with van der Waals surface area (Å²) in [5, 5.41) is 14.9. The van der Waals surface area contributed by atoms with E-state index in [-0.39, 0.29) is 6.04 Å². The minimum Gasteiger partial charge on any atom is -0.418 e. The summed E-state index contributed by atoms with van der Waals surface area (Å²) in [5.74, 6) is 1.31. The predicted octanol–water partition coefficient (Wildman–Crippen LogP) is 3.53. The van der Waals surface area contributed by atoms with Crippen molar-refractivity contribution in [2.24, 2.45) is 0 Å². The van der Waals surface area contributed by atoms with Gasteiger partial charge < -0.3 is 4.42 Å². The van der Waals surface area contributed by atoms with Crippen LogP contribution in [0.15, 0.2) is 34.3 Å². The highest BCUT2D eigenvalue weighted by atomic mass is 32.1. The molecule has 126 valence electrons. The van der Waals surface area contributed by atoms with Crippen LogP contribution >= 0.6 is 11.3 Å². The van der Waals surface area contributed by atoms with Gasteiger partial charge in [0.05, 0.1) is 23.7 Å². The van der Waals surface area contributed by atoms with E-state index < -0.39 is 0 Å². The number of hydrogen-bond donors (Lipinski definition) is 0. The number of nitrogens with zero attached hydrogens (tertiary/aromatic N) is 5. The van der Waals surface area contributed by atoms with Gasteiger partial charge in [0.25, 0.3) is 5.89 Å². The fraction of sp³-hybridized carbons (Fsp3) is 0.471. The summed E-state index contributed by atoms with van der Waals surface area (Å²) in [6.45, 7) is 6.19. The van der Waals surface area contributed by atoms with E-state index in [0.717, 1.165) is 18.0 Å². The number of aryl methyl sites for hydroxylation is 1. The average molecular weight is 343 g/mol. The Labute approximate surface area is 145 Å². The standard InChI is InChI=1S/C17H21N5OS/c1-12-9-18-21(10-12)11-14-5-3-7-22(14)13(2)16-19-20-17(23-16)15-6-4-8-24-15/h4,6,8-10,13-14H,3,5,7,11H2,1-2H3/t13-,14-/m0/s1. The van der Waals surface area contributed by atoms with Crippen molar-refractivity contribution in [3.05, 3.63) is 41.4 Å². The van der Waals surface area contributed by atoms with Gasteiger partial charge in [-0.1, -0.05) is 6.07 Å². The first-order chi connectivity index (χ1) is 11.7. The Kier molecular flexibility index (Phi) is 4.20. The molecule has 0 N–H and O–H groups in total. The quantitative estimate of drug-likeness (QED) is 0.709. The third-order valence-corrected chi connectivity index (χ3v) is 5.47. The molecule has 3 aromatic rings. The lowest BCUT2D eigenvalue weighted by Crippen LogP contribution is -2.35. The molecule has 6 nitrogen and oxygen atoms in total. The Bertz CT molecular complexity index is 794. The smallest absolute Gasteiger partial charge is 0.257 e. The summed E-state index contributed by atoms with van der Waals surface area (Å²) in [5.41, 5.74) is 1.20. The van der Waals surface area contributed by atoms with Gasteiger partial charge in [-0.3, -0.25) is 9.58 Å². The second kappa shape index (κ2) is 6.49. The van der Waals surface area contributed by atoms with Gasteiger partial charge in [0.2, 0.25) is 5.89 Å². The van der Waals surface area contributed by atoms with Crippen molar-refractivity contribution in [1.29, 1.82) is 0 Å². The zero-order valence-corrected chi connectivity index (χ0v) is 14.7. The maximum absolute atomic E-state index is 5.93. The summed E-state index contributed by atoms with van der Waals surface area (Å²) in [4.78, 5) is 3.48. The Hall–Kier alpha value is -1.99. The van der Waals surface area contributed by atoms with Crippen molar-refractivity contribution in [3.8, 4) is 10.8 Å². The molecule has 1 fully saturated rings. The molecular weight excluding hydrogens is 322 g/mol. The highest BCUT2D eigenvalue weighted by Crippen LogP contribution is 2.31.